The number of carbonyl (C=O) groups is 3. The van der Waals surface area contributed by atoms with Crippen LogP contribution in [0.2, 0.25) is 0 Å². The summed E-state index contributed by atoms with van der Waals surface area (Å²) in [5.74, 6) is -0.788. The lowest BCUT2D eigenvalue weighted by atomic mass is 9.97. The van der Waals surface area contributed by atoms with Gasteiger partial charge in [-0.1, -0.05) is 61.5 Å². The van der Waals surface area contributed by atoms with Crippen molar-refractivity contribution >= 4 is 29.5 Å². The summed E-state index contributed by atoms with van der Waals surface area (Å²) in [5.41, 5.74) is 2.98. The van der Waals surface area contributed by atoms with Crippen molar-refractivity contribution in [2.75, 3.05) is 5.88 Å². The molecule has 1 saturated heterocycles. The van der Waals surface area contributed by atoms with Gasteiger partial charge in [0.05, 0.1) is 11.9 Å². The van der Waals surface area contributed by atoms with Crippen molar-refractivity contribution in [1.29, 1.82) is 0 Å². The van der Waals surface area contributed by atoms with Gasteiger partial charge in [-0.25, -0.2) is 0 Å². The van der Waals surface area contributed by atoms with Crippen LogP contribution in [0, 0.1) is 6.92 Å². The van der Waals surface area contributed by atoms with Crippen LogP contribution < -0.4 is 10.6 Å². The summed E-state index contributed by atoms with van der Waals surface area (Å²) < 4.78 is -0.535. The molecule has 188 valence electrons. The first kappa shape index (κ1) is 26.8. The number of nitrogens with zero attached hydrogens (tertiary/aromatic N) is 1. The molecular formula is C27H35N3O4S. The molecule has 0 spiro atoms. The Balaban J connectivity index is 1.77. The quantitative estimate of drug-likeness (QED) is 0.495. The highest BCUT2D eigenvalue weighted by atomic mass is 32.2. The summed E-state index contributed by atoms with van der Waals surface area (Å²) in [5, 5.41) is 16.9. The zero-order valence-corrected chi connectivity index (χ0v) is 21.6. The summed E-state index contributed by atoms with van der Waals surface area (Å²) >= 11 is 1.49. The van der Waals surface area contributed by atoms with Gasteiger partial charge in [0, 0.05) is 17.7 Å². The van der Waals surface area contributed by atoms with E-state index >= 15 is 0 Å². The Morgan fingerprint density at radius 1 is 1.11 bits per heavy atom. The van der Waals surface area contributed by atoms with Gasteiger partial charge in [0.15, 0.2) is 6.10 Å². The highest BCUT2D eigenvalue weighted by Gasteiger charge is 2.49. The lowest BCUT2D eigenvalue weighted by molar-refractivity contribution is -0.147. The first-order chi connectivity index (χ1) is 16.6. The average Bonchev–Trinajstić information content (AvgIpc) is 3.17. The van der Waals surface area contributed by atoms with Gasteiger partial charge < -0.3 is 20.6 Å². The molecule has 2 aromatic rings. The number of hydrogen-bond donors (Lipinski definition) is 3. The number of hydrogen-bond acceptors (Lipinski definition) is 5. The molecule has 3 N–H and O–H groups in total. The number of benzene rings is 2. The van der Waals surface area contributed by atoms with E-state index in [1.165, 1.54) is 16.7 Å². The summed E-state index contributed by atoms with van der Waals surface area (Å²) in [7, 11) is 0. The van der Waals surface area contributed by atoms with E-state index in [4.69, 9.17) is 0 Å². The summed E-state index contributed by atoms with van der Waals surface area (Å²) in [6.45, 7) is 7.92. The minimum Gasteiger partial charge on any atom is -0.381 e. The Bertz CT molecular complexity index is 1040. The Morgan fingerprint density at radius 3 is 2.43 bits per heavy atom. The van der Waals surface area contributed by atoms with Crippen LogP contribution >= 0.6 is 11.8 Å². The maximum absolute atomic E-state index is 13.5. The first-order valence-electron chi connectivity index (χ1n) is 11.9. The SMILES string of the molecule is CCC(=O)NC(Cc1ccccc1)C(O)C(=O)N1CSC(C)(C)C1C(=O)NCc1ccccc1C. The molecule has 7 nitrogen and oxygen atoms in total. The van der Waals surface area contributed by atoms with Crippen LogP contribution in [0.4, 0.5) is 0 Å². The second-order valence-corrected chi connectivity index (χ2v) is 11.0. The van der Waals surface area contributed by atoms with Gasteiger partial charge >= 0.3 is 0 Å². The average molecular weight is 498 g/mol. The normalized spacial score (nSPS) is 18.5. The molecule has 2 aromatic carbocycles. The van der Waals surface area contributed by atoms with E-state index in [1.54, 1.807) is 6.92 Å². The van der Waals surface area contributed by atoms with Crippen LogP contribution in [0.5, 0.6) is 0 Å². The fraction of sp³-hybridized carbons (Fsp3) is 0.444. The zero-order valence-electron chi connectivity index (χ0n) is 20.8. The third-order valence-electron chi connectivity index (χ3n) is 6.39. The highest BCUT2D eigenvalue weighted by Crippen LogP contribution is 2.40. The first-order valence-corrected chi connectivity index (χ1v) is 12.9. The van der Waals surface area contributed by atoms with Gasteiger partial charge in [0.25, 0.3) is 5.91 Å². The molecular weight excluding hydrogens is 462 g/mol. The number of aliphatic hydroxyl groups excluding tert-OH is 1. The second-order valence-electron chi connectivity index (χ2n) is 9.39. The third kappa shape index (κ3) is 6.64. The van der Waals surface area contributed by atoms with Crippen molar-refractivity contribution in [3.63, 3.8) is 0 Å². The number of rotatable bonds is 9. The lowest BCUT2D eigenvalue weighted by Gasteiger charge is -2.33. The van der Waals surface area contributed by atoms with Gasteiger partial charge in [-0.3, -0.25) is 14.4 Å². The van der Waals surface area contributed by atoms with Crippen LogP contribution in [-0.2, 0) is 27.3 Å². The van der Waals surface area contributed by atoms with E-state index in [2.05, 4.69) is 10.6 Å². The molecule has 3 rings (SSSR count). The topological polar surface area (TPSA) is 98.7 Å². The molecule has 0 radical (unpaired) electrons. The standard InChI is InChI=1S/C27H35N3O4S/c1-5-22(31)29-21(15-19-12-7-6-8-13-19)23(32)26(34)30-17-35-27(3,4)24(30)25(33)28-16-20-14-10-9-11-18(20)2/h6-14,21,23-24,32H,5,15-17H2,1-4H3,(H,28,33)(H,29,31). The molecule has 0 saturated carbocycles. The molecule has 3 unspecified atom stereocenters. The molecule has 1 aliphatic rings. The number of amides is 3. The number of nitrogens with one attached hydrogen (secondary N) is 2. The molecule has 0 aromatic heterocycles. The van der Waals surface area contributed by atoms with Gasteiger partial charge in [-0.2, -0.15) is 0 Å². The molecule has 1 heterocycles. The van der Waals surface area contributed by atoms with E-state index in [0.717, 1.165) is 16.7 Å². The van der Waals surface area contributed by atoms with E-state index < -0.39 is 28.8 Å². The van der Waals surface area contributed by atoms with Gasteiger partial charge in [-0.15, -0.1) is 11.8 Å². The molecule has 35 heavy (non-hydrogen) atoms. The molecule has 8 heteroatoms. The van der Waals surface area contributed by atoms with E-state index in [9.17, 15) is 19.5 Å². The number of thioether (sulfide) groups is 1. The van der Waals surface area contributed by atoms with Gasteiger partial charge in [0.1, 0.15) is 6.04 Å². The third-order valence-corrected chi connectivity index (χ3v) is 7.77. The fourth-order valence-corrected chi connectivity index (χ4v) is 5.40. The molecule has 0 bridgehead atoms. The molecule has 3 amide bonds. The summed E-state index contributed by atoms with van der Waals surface area (Å²) in [6.07, 6.45) is -0.941. The second kappa shape index (κ2) is 11.7. The van der Waals surface area contributed by atoms with Crippen LogP contribution in [0.15, 0.2) is 54.6 Å². The van der Waals surface area contributed by atoms with E-state index in [0.29, 0.717) is 13.0 Å². The molecule has 3 atom stereocenters. The monoisotopic (exact) mass is 497 g/mol. The molecule has 1 aliphatic heterocycles. The van der Waals surface area contributed by atoms with Crippen molar-refractivity contribution in [3.05, 3.63) is 71.3 Å². The number of aliphatic hydroxyl groups is 1. The fourth-order valence-electron chi connectivity index (χ4n) is 4.26. The number of carbonyl (C=O) groups excluding carboxylic acids is 3. The molecule has 1 fully saturated rings. The Morgan fingerprint density at radius 2 is 1.77 bits per heavy atom. The Kier molecular flexibility index (Phi) is 8.97. The van der Waals surface area contributed by atoms with Gasteiger partial charge in [0.2, 0.25) is 11.8 Å². The highest BCUT2D eigenvalue weighted by molar-refractivity contribution is 8.00. The maximum atomic E-state index is 13.5. The smallest absolute Gasteiger partial charge is 0.254 e. The number of aryl methyl sites for hydroxylation is 1. The van der Waals surface area contributed by atoms with E-state index in [1.807, 2.05) is 75.4 Å². The Hall–Kier alpha value is -2.84. The largest absolute Gasteiger partial charge is 0.381 e. The van der Waals surface area contributed by atoms with Gasteiger partial charge in [-0.05, 0) is 43.9 Å². The summed E-state index contributed by atoms with van der Waals surface area (Å²) in [6, 6.07) is 15.7. The summed E-state index contributed by atoms with van der Waals surface area (Å²) in [4.78, 5) is 40.4. The van der Waals surface area contributed by atoms with Crippen molar-refractivity contribution in [2.24, 2.45) is 0 Å². The van der Waals surface area contributed by atoms with Crippen molar-refractivity contribution < 1.29 is 19.5 Å². The Labute approximate surface area is 211 Å². The molecule has 0 aliphatic carbocycles. The predicted octanol–water partition coefficient (Wildman–Crippen LogP) is 2.79. The predicted molar refractivity (Wildman–Crippen MR) is 139 cm³/mol. The minimum atomic E-state index is -1.48. The minimum absolute atomic E-state index is 0.239. The van der Waals surface area contributed by atoms with Crippen molar-refractivity contribution in [1.82, 2.24) is 15.5 Å². The zero-order chi connectivity index (χ0) is 25.6. The van der Waals surface area contributed by atoms with Crippen LogP contribution in [-0.4, -0.2) is 56.5 Å². The van der Waals surface area contributed by atoms with Crippen LogP contribution in [0.25, 0.3) is 0 Å². The lowest BCUT2D eigenvalue weighted by Crippen LogP contribution is -2.58. The van der Waals surface area contributed by atoms with Crippen molar-refractivity contribution in [3.8, 4) is 0 Å². The van der Waals surface area contributed by atoms with Crippen LogP contribution in [0.1, 0.15) is 43.9 Å². The van der Waals surface area contributed by atoms with Crippen LogP contribution in [0.3, 0.4) is 0 Å². The van der Waals surface area contributed by atoms with Crippen molar-refractivity contribution in [2.45, 2.75) is 70.0 Å². The van der Waals surface area contributed by atoms with E-state index in [-0.39, 0.29) is 24.1 Å². The maximum Gasteiger partial charge on any atom is 0.254 e.